The number of anilines is 2. The summed E-state index contributed by atoms with van der Waals surface area (Å²) in [5.41, 5.74) is 7.45. The molecule has 0 atom stereocenters. The van der Waals surface area contributed by atoms with Crippen LogP contribution in [0.25, 0.3) is 0 Å². The lowest BCUT2D eigenvalue weighted by atomic mass is 10.2. The molecule has 0 unspecified atom stereocenters. The lowest BCUT2D eigenvalue weighted by Gasteiger charge is -2.07. The quantitative estimate of drug-likeness (QED) is 0.845. The summed E-state index contributed by atoms with van der Waals surface area (Å²) in [5, 5.41) is 2.54. The number of benzene rings is 2. The van der Waals surface area contributed by atoms with Gasteiger partial charge in [-0.05, 0) is 48.9 Å². The standard InChI is InChI=1S/C15H16N2O3S/c1-11-3-2-4-14(9-11)21(19,20)10-15(18)17-13-7-5-12(16)6-8-13/h2-9H,10,16H2,1H3,(H,17,18). The summed E-state index contributed by atoms with van der Waals surface area (Å²) >= 11 is 0. The Morgan fingerprint density at radius 1 is 1.14 bits per heavy atom. The molecule has 0 bridgehead atoms. The highest BCUT2D eigenvalue weighted by molar-refractivity contribution is 7.92. The summed E-state index contributed by atoms with van der Waals surface area (Å²) in [4.78, 5) is 12.0. The fourth-order valence-corrected chi connectivity index (χ4v) is 3.06. The SMILES string of the molecule is Cc1cccc(S(=O)(=O)CC(=O)Nc2ccc(N)cc2)c1. The summed E-state index contributed by atoms with van der Waals surface area (Å²) in [5.74, 6) is -1.18. The zero-order valence-electron chi connectivity index (χ0n) is 11.5. The van der Waals surface area contributed by atoms with E-state index in [2.05, 4.69) is 5.32 Å². The highest BCUT2D eigenvalue weighted by Gasteiger charge is 2.19. The number of carbonyl (C=O) groups excluding carboxylic acids is 1. The fraction of sp³-hybridized carbons (Fsp3) is 0.133. The highest BCUT2D eigenvalue weighted by atomic mass is 32.2. The minimum absolute atomic E-state index is 0.148. The van der Waals surface area contributed by atoms with E-state index in [9.17, 15) is 13.2 Å². The van der Waals surface area contributed by atoms with E-state index in [1.54, 1.807) is 49.4 Å². The van der Waals surface area contributed by atoms with Crippen LogP contribution in [0.15, 0.2) is 53.4 Å². The number of hydrogen-bond acceptors (Lipinski definition) is 4. The van der Waals surface area contributed by atoms with Crippen LogP contribution < -0.4 is 11.1 Å². The van der Waals surface area contributed by atoms with Crippen LogP contribution in [-0.2, 0) is 14.6 Å². The van der Waals surface area contributed by atoms with Crippen molar-refractivity contribution in [2.24, 2.45) is 0 Å². The Balaban J connectivity index is 2.09. The number of nitrogens with two attached hydrogens (primary N) is 1. The number of amides is 1. The third-order valence-electron chi connectivity index (χ3n) is 2.86. The predicted octanol–water partition coefficient (Wildman–Crippen LogP) is 1.99. The number of nitrogen functional groups attached to an aromatic ring is 1. The van der Waals surface area contributed by atoms with E-state index in [-0.39, 0.29) is 4.90 Å². The number of rotatable bonds is 4. The van der Waals surface area contributed by atoms with Crippen molar-refractivity contribution in [2.45, 2.75) is 11.8 Å². The van der Waals surface area contributed by atoms with Gasteiger partial charge in [-0.15, -0.1) is 0 Å². The van der Waals surface area contributed by atoms with E-state index in [0.29, 0.717) is 11.4 Å². The van der Waals surface area contributed by atoms with E-state index >= 15 is 0 Å². The molecule has 0 aliphatic carbocycles. The molecule has 2 aromatic carbocycles. The molecule has 6 heteroatoms. The van der Waals surface area contributed by atoms with Crippen LogP contribution >= 0.6 is 0 Å². The Morgan fingerprint density at radius 2 is 1.81 bits per heavy atom. The molecule has 0 heterocycles. The van der Waals surface area contributed by atoms with Gasteiger partial charge in [-0.3, -0.25) is 4.79 Å². The Kier molecular flexibility index (Phi) is 4.28. The normalized spacial score (nSPS) is 11.1. The first kappa shape index (κ1) is 15.1. The molecule has 2 aromatic rings. The molecule has 0 aromatic heterocycles. The molecule has 0 spiro atoms. The maximum atomic E-state index is 12.2. The van der Waals surface area contributed by atoms with Crippen LogP contribution in [-0.4, -0.2) is 20.1 Å². The lowest BCUT2D eigenvalue weighted by molar-refractivity contribution is -0.113. The van der Waals surface area contributed by atoms with Gasteiger partial charge in [0.15, 0.2) is 9.84 Å². The van der Waals surface area contributed by atoms with Crippen molar-refractivity contribution in [1.82, 2.24) is 0 Å². The van der Waals surface area contributed by atoms with Gasteiger partial charge in [-0.1, -0.05) is 12.1 Å². The molecule has 21 heavy (non-hydrogen) atoms. The van der Waals surface area contributed by atoms with Gasteiger partial charge in [0.2, 0.25) is 5.91 Å². The number of nitrogens with one attached hydrogen (secondary N) is 1. The molecule has 3 N–H and O–H groups in total. The van der Waals surface area contributed by atoms with Gasteiger partial charge in [0.25, 0.3) is 0 Å². The minimum atomic E-state index is -3.65. The fourth-order valence-electron chi connectivity index (χ4n) is 1.83. The zero-order chi connectivity index (χ0) is 15.5. The van der Waals surface area contributed by atoms with E-state index in [1.165, 1.54) is 6.07 Å². The van der Waals surface area contributed by atoms with Gasteiger partial charge in [0.05, 0.1) is 4.90 Å². The molecule has 0 radical (unpaired) electrons. The van der Waals surface area contributed by atoms with Crippen LogP contribution in [0.2, 0.25) is 0 Å². The van der Waals surface area contributed by atoms with Crippen molar-refractivity contribution < 1.29 is 13.2 Å². The number of sulfone groups is 1. The Morgan fingerprint density at radius 3 is 2.43 bits per heavy atom. The first-order chi connectivity index (χ1) is 9.87. The van der Waals surface area contributed by atoms with Gasteiger partial charge >= 0.3 is 0 Å². The van der Waals surface area contributed by atoms with Crippen molar-refractivity contribution in [3.8, 4) is 0 Å². The van der Waals surface area contributed by atoms with Crippen LogP contribution in [0.4, 0.5) is 11.4 Å². The van der Waals surface area contributed by atoms with Crippen molar-refractivity contribution in [3.05, 3.63) is 54.1 Å². The second-order valence-corrected chi connectivity index (χ2v) is 6.74. The molecule has 0 fully saturated rings. The average Bonchev–Trinajstić information content (AvgIpc) is 2.41. The van der Waals surface area contributed by atoms with Crippen LogP contribution in [0.5, 0.6) is 0 Å². The van der Waals surface area contributed by atoms with Gasteiger partial charge < -0.3 is 11.1 Å². The van der Waals surface area contributed by atoms with E-state index in [1.807, 2.05) is 0 Å². The molecule has 0 saturated heterocycles. The first-order valence-electron chi connectivity index (χ1n) is 6.32. The maximum Gasteiger partial charge on any atom is 0.239 e. The summed E-state index contributed by atoms with van der Waals surface area (Å²) in [6, 6.07) is 13.0. The van der Waals surface area contributed by atoms with E-state index < -0.39 is 21.5 Å². The number of carbonyl (C=O) groups is 1. The van der Waals surface area contributed by atoms with E-state index in [0.717, 1.165) is 5.56 Å². The lowest BCUT2D eigenvalue weighted by Crippen LogP contribution is -2.23. The second-order valence-electron chi connectivity index (χ2n) is 4.75. The average molecular weight is 304 g/mol. The van der Waals surface area contributed by atoms with Gasteiger partial charge in [0, 0.05) is 11.4 Å². The first-order valence-corrected chi connectivity index (χ1v) is 7.97. The molecule has 0 saturated carbocycles. The van der Waals surface area contributed by atoms with Gasteiger partial charge in [-0.2, -0.15) is 0 Å². The summed E-state index contributed by atoms with van der Waals surface area (Å²) in [6.07, 6.45) is 0. The van der Waals surface area contributed by atoms with Crippen LogP contribution in [0.3, 0.4) is 0 Å². The van der Waals surface area contributed by atoms with Crippen molar-refractivity contribution in [2.75, 3.05) is 16.8 Å². The van der Waals surface area contributed by atoms with E-state index in [4.69, 9.17) is 5.73 Å². The molecule has 2 rings (SSSR count). The largest absolute Gasteiger partial charge is 0.399 e. The topological polar surface area (TPSA) is 89.3 Å². The molecule has 0 aliphatic rings. The number of hydrogen-bond donors (Lipinski definition) is 2. The maximum absolute atomic E-state index is 12.2. The van der Waals surface area contributed by atoms with Crippen molar-refractivity contribution in [1.29, 1.82) is 0 Å². The second kappa shape index (κ2) is 5.97. The highest BCUT2D eigenvalue weighted by Crippen LogP contribution is 2.14. The predicted molar refractivity (Wildman–Crippen MR) is 82.7 cm³/mol. The van der Waals surface area contributed by atoms with Gasteiger partial charge in [-0.25, -0.2) is 8.42 Å². The summed E-state index contributed by atoms with van der Waals surface area (Å²) in [7, 11) is -3.65. The third-order valence-corrected chi connectivity index (χ3v) is 4.48. The minimum Gasteiger partial charge on any atom is -0.399 e. The van der Waals surface area contributed by atoms with Crippen LogP contribution in [0, 0.1) is 6.92 Å². The summed E-state index contributed by atoms with van der Waals surface area (Å²) < 4.78 is 24.3. The van der Waals surface area contributed by atoms with Crippen molar-refractivity contribution >= 4 is 27.1 Å². The van der Waals surface area contributed by atoms with Crippen molar-refractivity contribution in [3.63, 3.8) is 0 Å². The molecular formula is C15H16N2O3S. The molecule has 5 nitrogen and oxygen atoms in total. The zero-order valence-corrected chi connectivity index (χ0v) is 12.4. The Hall–Kier alpha value is -2.34. The molecule has 110 valence electrons. The molecule has 1 amide bonds. The smallest absolute Gasteiger partial charge is 0.239 e. The van der Waals surface area contributed by atoms with Crippen LogP contribution in [0.1, 0.15) is 5.56 Å². The Labute approximate surface area is 123 Å². The number of aryl methyl sites for hydroxylation is 1. The Bertz CT molecular complexity index is 753. The summed E-state index contributed by atoms with van der Waals surface area (Å²) in [6.45, 7) is 1.80. The molecule has 0 aliphatic heterocycles. The monoisotopic (exact) mass is 304 g/mol. The third kappa shape index (κ3) is 4.06. The molecular weight excluding hydrogens is 288 g/mol. The van der Waals surface area contributed by atoms with Gasteiger partial charge in [0.1, 0.15) is 5.75 Å².